The minimum absolute atomic E-state index is 0.0897. The lowest BCUT2D eigenvalue weighted by molar-refractivity contribution is -0.157. The number of carbonyl (C=O) groups is 2. The summed E-state index contributed by atoms with van der Waals surface area (Å²) in [6, 6.07) is 14.3. The van der Waals surface area contributed by atoms with Gasteiger partial charge in [0.25, 0.3) is 0 Å². The van der Waals surface area contributed by atoms with Crippen LogP contribution in [0.1, 0.15) is 39.2 Å². The summed E-state index contributed by atoms with van der Waals surface area (Å²) in [6.07, 6.45) is 2.65. The van der Waals surface area contributed by atoms with Gasteiger partial charge in [-0.3, -0.25) is 9.69 Å². The molecule has 8 nitrogen and oxygen atoms in total. The first-order valence-electron chi connectivity index (χ1n) is 13.2. The quantitative estimate of drug-likeness (QED) is 0.621. The van der Waals surface area contributed by atoms with Gasteiger partial charge in [0.2, 0.25) is 0 Å². The third kappa shape index (κ3) is 6.25. The van der Waals surface area contributed by atoms with E-state index in [4.69, 9.17) is 14.2 Å². The number of morpholine rings is 1. The number of piperidine rings is 1. The van der Waals surface area contributed by atoms with Crippen LogP contribution < -0.4 is 10.1 Å². The maximum Gasteiger partial charge on any atom is 0.321 e. The highest BCUT2D eigenvalue weighted by molar-refractivity contribution is 5.89. The van der Waals surface area contributed by atoms with Gasteiger partial charge in [0, 0.05) is 51.1 Å². The summed E-state index contributed by atoms with van der Waals surface area (Å²) in [4.78, 5) is 28.6. The topological polar surface area (TPSA) is 80.3 Å². The number of amides is 2. The molecule has 0 bridgehead atoms. The number of nitrogens with one attached hydrogen (secondary N) is 1. The molecule has 198 valence electrons. The Kier molecular flexibility index (Phi) is 7.14. The highest BCUT2D eigenvalue weighted by atomic mass is 16.6. The van der Waals surface area contributed by atoms with Gasteiger partial charge in [0.05, 0.1) is 19.8 Å². The molecule has 0 atom stereocenters. The van der Waals surface area contributed by atoms with Crippen molar-refractivity contribution in [3.8, 4) is 16.9 Å². The van der Waals surface area contributed by atoms with Crippen LogP contribution >= 0.6 is 0 Å². The van der Waals surface area contributed by atoms with Crippen molar-refractivity contribution in [1.29, 1.82) is 0 Å². The molecule has 8 heteroatoms. The zero-order valence-corrected chi connectivity index (χ0v) is 22.0. The van der Waals surface area contributed by atoms with Crippen molar-refractivity contribution >= 4 is 17.7 Å². The van der Waals surface area contributed by atoms with Crippen molar-refractivity contribution in [3.63, 3.8) is 0 Å². The first-order chi connectivity index (χ1) is 17.7. The Morgan fingerprint density at radius 1 is 0.973 bits per heavy atom. The van der Waals surface area contributed by atoms with Gasteiger partial charge in [-0.1, -0.05) is 18.2 Å². The molecule has 1 spiro atoms. The molecule has 0 aromatic heterocycles. The number of esters is 1. The van der Waals surface area contributed by atoms with E-state index in [1.54, 1.807) is 4.90 Å². The van der Waals surface area contributed by atoms with Crippen LogP contribution in [-0.2, 0) is 20.7 Å². The number of benzene rings is 2. The Balaban J connectivity index is 1.17. The molecule has 1 N–H and O–H groups in total. The minimum atomic E-state index is -0.459. The summed E-state index contributed by atoms with van der Waals surface area (Å²) in [6.45, 7) is 10.0. The van der Waals surface area contributed by atoms with Gasteiger partial charge in [-0.05, 0) is 61.7 Å². The SMILES string of the molecule is CC(C)(C)OC(=O)CN1CCC2(CC1)Cc1cc(-c3ccc(NC(=O)N4CCOCC4)cc3)ccc1O2. The average molecular weight is 508 g/mol. The van der Waals surface area contributed by atoms with E-state index in [0.29, 0.717) is 32.8 Å². The van der Waals surface area contributed by atoms with Gasteiger partial charge >= 0.3 is 12.0 Å². The van der Waals surface area contributed by atoms with Crippen LogP contribution in [0.25, 0.3) is 11.1 Å². The molecule has 0 aliphatic carbocycles. The summed E-state index contributed by atoms with van der Waals surface area (Å²) in [5, 5.41) is 2.98. The van der Waals surface area contributed by atoms with E-state index in [1.807, 2.05) is 45.0 Å². The lowest BCUT2D eigenvalue weighted by atomic mass is 9.86. The Bertz CT molecular complexity index is 1130. The Morgan fingerprint density at radius 3 is 2.32 bits per heavy atom. The zero-order valence-electron chi connectivity index (χ0n) is 22.0. The maximum absolute atomic E-state index is 12.4. The maximum atomic E-state index is 12.4. The van der Waals surface area contributed by atoms with Gasteiger partial charge in [-0.2, -0.15) is 0 Å². The molecule has 3 heterocycles. The van der Waals surface area contributed by atoms with Crippen LogP contribution in [0.2, 0.25) is 0 Å². The van der Waals surface area contributed by atoms with Gasteiger partial charge in [-0.15, -0.1) is 0 Å². The molecule has 37 heavy (non-hydrogen) atoms. The summed E-state index contributed by atoms with van der Waals surface area (Å²) in [7, 11) is 0. The molecular weight excluding hydrogens is 470 g/mol. The summed E-state index contributed by atoms with van der Waals surface area (Å²) >= 11 is 0. The fraction of sp³-hybridized carbons (Fsp3) is 0.517. The molecular formula is C29H37N3O5. The molecule has 0 unspecified atom stereocenters. The third-order valence-corrected chi connectivity index (χ3v) is 7.21. The van der Waals surface area contributed by atoms with E-state index in [-0.39, 0.29) is 17.6 Å². The average Bonchev–Trinajstić information content (AvgIpc) is 3.22. The van der Waals surface area contributed by atoms with Gasteiger partial charge in [0.1, 0.15) is 17.0 Å². The van der Waals surface area contributed by atoms with Crippen molar-refractivity contribution in [1.82, 2.24) is 9.80 Å². The van der Waals surface area contributed by atoms with Crippen molar-refractivity contribution in [3.05, 3.63) is 48.0 Å². The van der Waals surface area contributed by atoms with Gasteiger partial charge in [-0.25, -0.2) is 4.79 Å². The van der Waals surface area contributed by atoms with Crippen LogP contribution in [0, 0.1) is 0 Å². The number of carbonyl (C=O) groups excluding carboxylic acids is 2. The number of anilines is 1. The van der Waals surface area contributed by atoms with E-state index in [9.17, 15) is 9.59 Å². The lowest BCUT2D eigenvalue weighted by Crippen LogP contribution is -2.49. The summed E-state index contributed by atoms with van der Waals surface area (Å²) in [5.74, 6) is 0.786. The Labute approximate surface area is 218 Å². The highest BCUT2D eigenvalue weighted by Gasteiger charge is 2.42. The van der Waals surface area contributed by atoms with E-state index in [0.717, 1.165) is 54.9 Å². The standard InChI is InChI=1S/C29H37N3O5/c1-28(2,3)37-26(33)20-31-12-10-29(11-13-31)19-23-18-22(6-9-25(23)36-29)21-4-7-24(8-5-21)30-27(34)32-14-16-35-17-15-32/h4-9,18H,10-17,19-20H2,1-3H3,(H,30,34). The van der Waals surface area contributed by atoms with Crippen molar-refractivity contribution in [2.24, 2.45) is 0 Å². The molecule has 0 saturated carbocycles. The fourth-order valence-electron chi connectivity index (χ4n) is 5.28. The zero-order chi connectivity index (χ0) is 26.0. The molecule has 3 aliphatic rings. The van der Waals surface area contributed by atoms with Crippen molar-refractivity contribution in [2.45, 2.75) is 51.2 Å². The summed E-state index contributed by atoms with van der Waals surface area (Å²) in [5.41, 5.74) is 3.58. The van der Waals surface area contributed by atoms with Gasteiger partial charge < -0.3 is 24.4 Å². The number of fused-ring (bicyclic) bond motifs is 1. The molecule has 0 radical (unpaired) electrons. The molecule has 2 aromatic rings. The van der Waals surface area contributed by atoms with Crippen LogP contribution in [-0.4, -0.2) is 78.9 Å². The van der Waals surface area contributed by atoms with E-state index in [1.165, 1.54) is 5.56 Å². The molecule has 3 aliphatic heterocycles. The number of hydrogen-bond donors (Lipinski definition) is 1. The monoisotopic (exact) mass is 507 g/mol. The van der Waals surface area contributed by atoms with Crippen molar-refractivity contribution in [2.75, 3.05) is 51.3 Å². The molecule has 2 fully saturated rings. The Hall–Kier alpha value is -3.10. The first kappa shape index (κ1) is 25.5. The second-order valence-corrected chi connectivity index (χ2v) is 11.3. The number of urea groups is 1. The summed E-state index contributed by atoms with van der Waals surface area (Å²) < 4.78 is 17.3. The number of nitrogens with zero attached hydrogens (tertiary/aromatic N) is 2. The molecule has 2 amide bonds. The predicted molar refractivity (Wildman–Crippen MR) is 142 cm³/mol. The van der Waals surface area contributed by atoms with Gasteiger partial charge in [0.15, 0.2) is 0 Å². The van der Waals surface area contributed by atoms with E-state index in [2.05, 4.69) is 28.4 Å². The third-order valence-electron chi connectivity index (χ3n) is 7.21. The van der Waals surface area contributed by atoms with Crippen LogP contribution in [0.4, 0.5) is 10.5 Å². The predicted octanol–water partition coefficient (Wildman–Crippen LogP) is 4.33. The minimum Gasteiger partial charge on any atom is -0.487 e. The Morgan fingerprint density at radius 2 is 1.65 bits per heavy atom. The van der Waals surface area contributed by atoms with Crippen LogP contribution in [0.5, 0.6) is 5.75 Å². The smallest absolute Gasteiger partial charge is 0.321 e. The molecule has 2 saturated heterocycles. The second-order valence-electron chi connectivity index (χ2n) is 11.3. The normalized spacial score (nSPS) is 19.3. The van der Waals surface area contributed by atoms with E-state index >= 15 is 0 Å². The highest BCUT2D eigenvalue weighted by Crippen LogP contribution is 2.42. The van der Waals surface area contributed by atoms with E-state index < -0.39 is 5.60 Å². The lowest BCUT2D eigenvalue weighted by Gasteiger charge is -2.38. The molecule has 2 aromatic carbocycles. The first-order valence-corrected chi connectivity index (χ1v) is 13.2. The van der Waals surface area contributed by atoms with Crippen LogP contribution in [0.3, 0.4) is 0 Å². The number of ether oxygens (including phenoxy) is 3. The number of hydrogen-bond acceptors (Lipinski definition) is 6. The number of likely N-dealkylation sites (tertiary alicyclic amines) is 1. The number of rotatable bonds is 4. The van der Waals surface area contributed by atoms with Crippen molar-refractivity contribution < 1.29 is 23.8 Å². The fourth-order valence-corrected chi connectivity index (χ4v) is 5.28. The molecule has 5 rings (SSSR count). The largest absolute Gasteiger partial charge is 0.487 e. The second kappa shape index (κ2) is 10.3. The van der Waals surface area contributed by atoms with Crippen LogP contribution in [0.15, 0.2) is 42.5 Å².